The molecule has 1 rings (SSSR count). The summed E-state index contributed by atoms with van der Waals surface area (Å²) < 4.78 is 0. The second-order valence-electron chi connectivity index (χ2n) is 1.45. The zero-order chi connectivity index (χ0) is 6.53. The third-order valence-electron chi connectivity index (χ3n) is 0.859. The molecule has 0 N–H and O–H groups in total. The van der Waals surface area contributed by atoms with Crippen LogP contribution in [0.4, 0.5) is 5.69 Å². The van der Waals surface area contributed by atoms with Crippen molar-refractivity contribution in [3.63, 3.8) is 0 Å². The Labute approximate surface area is 71.2 Å². The van der Waals surface area contributed by atoms with Crippen molar-refractivity contribution in [2.45, 2.75) is 0 Å². The minimum atomic E-state index is 0. The van der Waals surface area contributed by atoms with E-state index in [1.807, 2.05) is 6.07 Å². The van der Waals surface area contributed by atoms with Crippen LogP contribution in [0.25, 0.3) is 0 Å². The van der Waals surface area contributed by atoms with Crippen LogP contribution in [-0.2, 0) is 4.79 Å². The van der Waals surface area contributed by atoms with Gasteiger partial charge in [0.1, 0.15) is 0 Å². The normalized spacial score (nSPS) is 7.20. The van der Waals surface area contributed by atoms with Gasteiger partial charge in [-0.1, -0.05) is 0 Å². The van der Waals surface area contributed by atoms with Crippen molar-refractivity contribution in [2.24, 2.45) is 4.99 Å². The number of hydrogen-bond donors (Lipinski definition) is 0. The van der Waals surface area contributed by atoms with Crippen LogP contribution in [0.5, 0.6) is 0 Å². The van der Waals surface area contributed by atoms with Gasteiger partial charge < -0.3 is 0 Å². The predicted octanol–water partition coefficient (Wildman–Crippen LogP) is -1.54. The van der Waals surface area contributed by atoms with Gasteiger partial charge in [-0.15, -0.1) is 6.07 Å². The van der Waals surface area contributed by atoms with Crippen LogP contribution < -0.4 is 18.9 Å². The summed E-state index contributed by atoms with van der Waals surface area (Å²) in [5.74, 6) is 0. The van der Waals surface area contributed by atoms with Gasteiger partial charge in [0.2, 0.25) is 6.08 Å². The maximum absolute atomic E-state index is 9.66. The van der Waals surface area contributed by atoms with Crippen LogP contribution in [0, 0.1) is 6.07 Å². The van der Waals surface area contributed by atoms with E-state index in [9.17, 15) is 4.79 Å². The molecule has 10 heavy (non-hydrogen) atoms. The Morgan fingerprint density at radius 2 is 2.30 bits per heavy atom. The summed E-state index contributed by atoms with van der Waals surface area (Å²) in [6.45, 7) is 0. The molecular weight excluding hydrogens is 121 g/mol. The van der Waals surface area contributed by atoms with Gasteiger partial charge in [-0.25, -0.2) is 4.79 Å². The molecule has 0 fully saturated rings. The summed E-state index contributed by atoms with van der Waals surface area (Å²) >= 11 is 0. The van der Waals surface area contributed by atoms with E-state index in [0.29, 0.717) is 5.69 Å². The standard InChI is InChI=1S/C7H4NO.Li/c9-6-8-7-4-2-1-3-5-7;/h1-4H;/q-1;+1. The van der Waals surface area contributed by atoms with Crippen LogP contribution in [-0.4, -0.2) is 6.08 Å². The van der Waals surface area contributed by atoms with Crippen molar-refractivity contribution >= 4 is 11.8 Å². The van der Waals surface area contributed by atoms with Crippen molar-refractivity contribution in [3.05, 3.63) is 30.3 Å². The van der Waals surface area contributed by atoms with Crippen molar-refractivity contribution in [2.75, 3.05) is 0 Å². The maximum atomic E-state index is 9.66. The minimum absolute atomic E-state index is 0. The van der Waals surface area contributed by atoms with Gasteiger partial charge in [0.25, 0.3) is 0 Å². The van der Waals surface area contributed by atoms with Gasteiger partial charge in [-0.3, -0.25) is 0 Å². The Bertz CT molecular complexity index is 229. The van der Waals surface area contributed by atoms with Crippen molar-refractivity contribution < 1.29 is 23.7 Å². The number of rotatable bonds is 1. The van der Waals surface area contributed by atoms with Crippen LogP contribution in [0.15, 0.2) is 29.3 Å². The number of nitrogens with zero attached hydrogens (tertiary/aromatic N) is 1. The molecule has 0 atom stereocenters. The second-order valence-corrected chi connectivity index (χ2v) is 1.45. The van der Waals surface area contributed by atoms with Crippen molar-refractivity contribution in [3.8, 4) is 0 Å². The fourth-order valence-electron chi connectivity index (χ4n) is 0.503. The third-order valence-corrected chi connectivity index (χ3v) is 0.859. The molecule has 2 nitrogen and oxygen atoms in total. The zero-order valence-electron chi connectivity index (χ0n) is 5.66. The van der Waals surface area contributed by atoms with Gasteiger partial charge >= 0.3 is 18.9 Å². The fourth-order valence-corrected chi connectivity index (χ4v) is 0.503. The van der Waals surface area contributed by atoms with E-state index in [1.165, 1.54) is 6.08 Å². The number of carbonyl (C=O) groups excluding carboxylic acids is 1. The van der Waals surface area contributed by atoms with Crippen LogP contribution >= 0.6 is 0 Å². The van der Waals surface area contributed by atoms with Gasteiger partial charge in [-0.05, 0) is 5.69 Å². The maximum Gasteiger partial charge on any atom is 1.00 e. The minimum Gasteiger partial charge on any atom is -0.211 e. The molecule has 0 spiro atoms. The fraction of sp³-hybridized carbons (Fsp3) is 0. The molecule has 0 amide bonds. The van der Waals surface area contributed by atoms with E-state index in [0.717, 1.165) is 0 Å². The Hall–Kier alpha value is -0.803. The van der Waals surface area contributed by atoms with Gasteiger partial charge in [0.05, 0.1) is 0 Å². The smallest absolute Gasteiger partial charge is 0.211 e. The second kappa shape index (κ2) is 5.02. The molecule has 0 aliphatic rings. The van der Waals surface area contributed by atoms with Gasteiger partial charge in [0.15, 0.2) is 0 Å². The Morgan fingerprint density at radius 3 is 2.80 bits per heavy atom. The summed E-state index contributed by atoms with van der Waals surface area (Å²) in [4.78, 5) is 13.0. The zero-order valence-corrected chi connectivity index (χ0v) is 5.66. The molecule has 1 aromatic rings. The number of hydrogen-bond acceptors (Lipinski definition) is 2. The molecule has 3 heteroatoms. The summed E-state index contributed by atoms with van der Waals surface area (Å²) in [5, 5.41) is 0. The molecule has 0 saturated carbocycles. The van der Waals surface area contributed by atoms with Crippen LogP contribution in [0.3, 0.4) is 0 Å². The number of para-hydroxylation sites is 1. The molecule has 0 radical (unpaired) electrons. The first kappa shape index (κ1) is 9.20. The molecule has 0 heterocycles. The van der Waals surface area contributed by atoms with E-state index < -0.39 is 0 Å². The Morgan fingerprint density at radius 1 is 1.50 bits per heavy atom. The summed E-state index contributed by atoms with van der Waals surface area (Å²) in [6.07, 6.45) is 1.43. The van der Waals surface area contributed by atoms with E-state index in [-0.39, 0.29) is 18.9 Å². The largest absolute Gasteiger partial charge is 1.00 e. The molecule has 0 aliphatic heterocycles. The van der Waals surface area contributed by atoms with E-state index in [2.05, 4.69) is 11.1 Å². The van der Waals surface area contributed by atoms with E-state index in [4.69, 9.17) is 0 Å². The van der Waals surface area contributed by atoms with Gasteiger partial charge in [0, 0.05) is 0 Å². The van der Waals surface area contributed by atoms with E-state index in [1.54, 1.807) is 18.2 Å². The van der Waals surface area contributed by atoms with Crippen LogP contribution in [0.2, 0.25) is 0 Å². The summed E-state index contributed by atoms with van der Waals surface area (Å²) in [6, 6.07) is 9.71. The van der Waals surface area contributed by atoms with Crippen molar-refractivity contribution in [1.82, 2.24) is 0 Å². The number of isocyanates is 1. The molecule has 0 aliphatic carbocycles. The molecular formula is C7H4LiNO. The SMILES string of the molecule is O=C=Nc1[c-]cccc1.[Li+]. The molecule has 0 saturated heterocycles. The summed E-state index contributed by atoms with van der Waals surface area (Å²) in [5.41, 5.74) is 0.521. The molecule has 0 bridgehead atoms. The number of benzene rings is 1. The monoisotopic (exact) mass is 125 g/mol. The first-order valence-corrected chi connectivity index (χ1v) is 2.48. The third kappa shape index (κ3) is 2.66. The Balaban J connectivity index is 0.000000810. The first-order valence-electron chi connectivity index (χ1n) is 2.48. The van der Waals surface area contributed by atoms with Crippen LogP contribution in [0.1, 0.15) is 0 Å². The average molecular weight is 125 g/mol. The predicted molar refractivity (Wildman–Crippen MR) is 33.1 cm³/mol. The number of aliphatic imine (C=N–C) groups is 1. The van der Waals surface area contributed by atoms with E-state index >= 15 is 0 Å². The molecule has 0 aromatic heterocycles. The molecule has 44 valence electrons. The Kier molecular flexibility index (Phi) is 4.62. The topological polar surface area (TPSA) is 29.4 Å². The first-order chi connectivity index (χ1) is 4.43. The molecule has 1 aromatic carbocycles. The average Bonchev–Trinajstić information content (AvgIpc) is 1.91. The quantitative estimate of drug-likeness (QED) is 0.193. The van der Waals surface area contributed by atoms with Gasteiger partial charge in [-0.2, -0.15) is 29.3 Å². The summed E-state index contributed by atoms with van der Waals surface area (Å²) in [7, 11) is 0. The van der Waals surface area contributed by atoms with Crippen molar-refractivity contribution in [1.29, 1.82) is 0 Å². The molecule has 0 unspecified atom stereocenters.